The Hall–Kier alpha value is -4.89. The maximum absolute atomic E-state index is 13.4. The molecule has 0 bridgehead atoms. The molecule has 9 heteroatoms. The fourth-order valence-electron chi connectivity index (χ4n) is 4.40. The minimum Gasteiger partial charge on any atom is -0.454 e. The molecule has 0 saturated heterocycles. The molecule has 0 unspecified atom stereocenters. The Labute approximate surface area is 214 Å². The number of benzene rings is 3. The second-order valence-electron chi connectivity index (χ2n) is 8.37. The van der Waals surface area contributed by atoms with E-state index in [4.69, 9.17) is 9.47 Å². The minimum atomic E-state index is -0.273. The first-order valence-electron chi connectivity index (χ1n) is 11.5. The van der Waals surface area contributed by atoms with Crippen LogP contribution in [0.4, 0.5) is 0 Å². The zero-order valence-electron chi connectivity index (χ0n) is 19.2. The molecule has 1 aliphatic heterocycles. The molecule has 6 aromatic rings. The predicted molar refractivity (Wildman–Crippen MR) is 143 cm³/mol. The van der Waals surface area contributed by atoms with Crippen LogP contribution in [0.15, 0.2) is 95.1 Å². The Balaban J connectivity index is 1.40. The Morgan fingerprint density at radius 1 is 0.892 bits per heavy atom. The van der Waals surface area contributed by atoms with Crippen LogP contribution in [0.1, 0.15) is 5.56 Å². The molecule has 178 valence electrons. The van der Waals surface area contributed by atoms with Gasteiger partial charge in [0, 0.05) is 16.5 Å². The third-order valence-corrected chi connectivity index (χ3v) is 7.18. The summed E-state index contributed by atoms with van der Waals surface area (Å²) < 4.78 is 12.5. The summed E-state index contributed by atoms with van der Waals surface area (Å²) in [6.07, 6.45) is 3.03. The maximum atomic E-state index is 13.4. The van der Waals surface area contributed by atoms with Crippen molar-refractivity contribution in [3.63, 3.8) is 0 Å². The summed E-state index contributed by atoms with van der Waals surface area (Å²) in [5.74, 6) is 1.34. The Kier molecular flexibility index (Phi) is 5.00. The quantitative estimate of drug-likeness (QED) is 0.301. The van der Waals surface area contributed by atoms with Gasteiger partial charge in [0.2, 0.25) is 6.79 Å². The van der Waals surface area contributed by atoms with E-state index >= 15 is 0 Å². The lowest BCUT2D eigenvalue weighted by molar-refractivity contribution is 0.174. The molecule has 0 aliphatic carbocycles. The van der Waals surface area contributed by atoms with Crippen LogP contribution in [0.25, 0.3) is 42.8 Å². The average molecular weight is 504 g/mol. The van der Waals surface area contributed by atoms with Gasteiger partial charge in [0.05, 0.1) is 11.7 Å². The van der Waals surface area contributed by atoms with Gasteiger partial charge in [-0.3, -0.25) is 4.79 Å². The van der Waals surface area contributed by atoms with Crippen LogP contribution in [0.2, 0.25) is 0 Å². The molecule has 1 aliphatic rings. The molecular formula is C28H17N5O3S. The summed E-state index contributed by atoms with van der Waals surface area (Å²) in [4.78, 5) is 18.8. The number of hydrogen-bond donors (Lipinski definition) is 0. The van der Waals surface area contributed by atoms with Gasteiger partial charge in [0.25, 0.3) is 5.56 Å². The molecule has 0 amide bonds. The molecule has 0 spiro atoms. The normalized spacial score (nSPS) is 12.6. The fraction of sp³-hybridized carbons (Fsp3) is 0.0357. The topological polar surface area (TPSA) is 91.5 Å². The lowest BCUT2D eigenvalue weighted by atomic mass is 9.97. The Morgan fingerprint density at radius 3 is 2.46 bits per heavy atom. The summed E-state index contributed by atoms with van der Waals surface area (Å²) in [6, 6.07) is 25.4. The summed E-state index contributed by atoms with van der Waals surface area (Å²) in [6.45, 7) is 0.196. The molecule has 0 atom stereocenters. The first-order valence-corrected chi connectivity index (χ1v) is 12.3. The standard InChI is InChI=1S/C28H17N5O3S/c34-28-26-25(29-15-33(28)30-14-17-11-12-20-21(13-17)36-16-35-20)23-22(18-7-3-1-4-8-18)24(31-32-27(23)37-26)19-9-5-2-6-10-19/h1-15H,16H2/b30-14+. The molecule has 37 heavy (non-hydrogen) atoms. The number of rotatable bonds is 4. The number of hydrogen-bond acceptors (Lipinski definition) is 8. The van der Waals surface area contributed by atoms with Gasteiger partial charge in [-0.2, -0.15) is 9.78 Å². The summed E-state index contributed by atoms with van der Waals surface area (Å²) in [5, 5.41) is 14.2. The van der Waals surface area contributed by atoms with Gasteiger partial charge in [-0.15, -0.1) is 21.5 Å². The van der Waals surface area contributed by atoms with Crippen molar-refractivity contribution in [2.24, 2.45) is 5.10 Å². The lowest BCUT2D eigenvalue weighted by Crippen LogP contribution is -2.15. The van der Waals surface area contributed by atoms with Gasteiger partial charge in [0.15, 0.2) is 11.5 Å². The summed E-state index contributed by atoms with van der Waals surface area (Å²) in [5.41, 5.74) is 4.65. The van der Waals surface area contributed by atoms with Crippen LogP contribution in [-0.2, 0) is 0 Å². The average Bonchev–Trinajstić information content (AvgIpc) is 3.58. The van der Waals surface area contributed by atoms with E-state index in [0.717, 1.165) is 33.3 Å². The second-order valence-corrected chi connectivity index (χ2v) is 9.37. The zero-order valence-corrected chi connectivity index (χ0v) is 20.1. The Bertz CT molecular complexity index is 1880. The molecule has 0 radical (unpaired) electrons. The third kappa shape index (κ3) is 3.64. The van der Waals surface area contributed by atoms with Crippen molar-refractivity contribution in [3.05, 3.63) is 101 Å². The monoisotopic (exact) mass is 503 g/mol. The fourth-order valence-corrected chi connectivity index (χ4v) is 5.40. The van der Waals surface area contributed by atoms with Gasteiger partial charge >= 0.3 is 0 Å². The molecule has 4 heterocycles. The number of aromatic nitrogens is 4. The maximum Gasteiger partial charge on any atom is 0.291 e. The minimum absolute atomic E-state index is 0.196. The van der Waals surface area contributed by atoms with Crippen LogP contribution in [-0.4, -0.2) is 32.9 Å². The highest BCUT2D eigenvalue weighted by Crippen LogP contribution is 2.41. The highest BCUT2D eigenvalue weighted by atomic mass is 32.1. The number of fused-ring (bicyclic) bond motifs is 4. The SMILES string of the molecule is O=c1c2sc3nnc(-c4ccccc4)c(-c4ccccc4)c3c2ncn1/N=C/c1ccc2c(c1)OCO2. The lowest BCUT2D eigenvalue weighted by Gasteiger charge is -2.10. The van der Waals surface area contributed by atoms with Crippen molar-refractivity contribution in [2.45, 2.75) is 0 Å². The summed E-state index contributed by atoms with van der Waals surface area (Å²) >= 11 is 1.27. The smallest absolute Gasteiger partial charge is 0.291 e. The van der Waals surface area contributed by atoms with Crippen molar-refractivity contribution in [2.75, 3.05) is 6.79 Å². The van der Waals surface area contributed by atoms with Crippen molar-refractivity contribution >= 4 is 38.0 Å². The number of nitrogens with zero attached hydrogens (tertiary/aromatic N) is 5. The van der Waals surface area contributed by atoms with Gasteiger partial charge in [-0.25, -0.2) is 4.98 Å². The zero-order chi connectivity index (χ0) is 24.8. The van der Waals surface area contributed by atoms with Crippen LogP contribution >= 0.6 is 11.3 Å². The number of ether oxygens (including phenoxy) is 2. The van der Waals surface area contributed by atoms with Crippen molar-refractivity contribution in [1.82, 2.24) is 19.9 Å². The molecule has 7 rings (SSSR count). The molecule has 8 nitrogen and oxygen atoms in total. The van der Waals surface area contributed by atoms with E-state index in [9.17, 15) is 4.79 Å². The van der Waals surface area contributed by atoms with Crippen molar-refractivity contribution in [1.29, 1.82) is 0 Å². The highest BCUT2D eigenvalue weighted by molar-refractivity contribution is 7.25. The van der Waals surface area contributed by atoms with Crippen LogP contribution in [0.3, 0.4) is 0 Å². The van der Waals surface area contributed by atoms with E-state index in [0.29, 0.717) is 26.5 Å². The van der Waals surface area contributed by atoms with E-state index < -0.39 is 0 Å². The first kappa shape index (κ1) is 21.4. The van der Waals surface area contributed by atoms with Crippen LogP contribution in [0.5, 0.6) is 11.5 Å². The Morgan fingerprint density at radius 2 is 1.65 bits per heavy atom. The van der Waals surface area contributed by atoms with E-state index in [2.05, 4.69) is 20.3 Å². The highest BCUT2D eigenvalue weighted by Gasteiger charge is 2.21. The van der Waals surface area contributed by atoms with Gasteiger partial charge in [-0.05, 0) is 29.3 Å². The predicted octanol–water partition coefficient (Wildman–Crippen LogP) is 5.35. The second kappa shape index (κ2) is 8.65. The molecule has 0 saturated carbocycles. The molecular weight excluding hydrogens is 486 g/mol. The third-order valence-electron chi connectivity index (χ3n) is 6.13. The summed E-state index contributed by atoms with van der Waals surface area (Å²) in [7, 11) is 0. The number of thiophene rings is 1. The van der Waals surface area contributed by atoms with Crippen molar-refractivity contribution in [3.8, 4) is 33.9 Å². The molecule has 3 aromatic carbocycles. The molecule has 3 aromatic heterocycles. The van der Waals surface area contributed by atoms with E-state index in [1.54, 1.807) is 6.21 Å². The first-order chi connectivity index (χ1) is 18.3. The van der Waals surface area contributed by atoms with E-state index in [1.165, 1.54) is 22.3 Å². The van der Waals surface area contributed by atoms with Gasteiger partial charge in [-0.1, -0.05) is 60.7 Å². The van der Waals surface area contributed by atoms with Gasteiger partial charge < -0.3 is 9.47 Å². The van der Waals surface area contributed by atoms with Crippen LogP contribution in [0, 0.1) is 0 Å². The van der Waals surface area contributed by atoms with E-state index in [-0.39, 0.29) is 12.4 Å². The van der Waals surface area contributed by atoms with Crippen molar-refractivity contribution < 1.29 is 9.47 Å². The largest absolute Gasteiger partial charge is 0.454 e. The van der Waals surface area contributed by atoms with Crippen LogP contribution < -0.4 is 15.0 Å². The van der Waals surface area contributed by atoms with Gasteiger partial charge in [0.1, 0.15) is 21.6 Å². The molecule has 0 fully saturated rings. The molecule has 0 N–H and O–H groups in total. The van der Waals surface area contributed by atoms with E-state index in [1.807, 2.05) is 78.9 Å².